The number of nitrogens with zero attached hydrogens (tertiary/aromatic N) is 4. The molecule has 0 spiro atoms. The minimum Gasteiger partial charge on any atom is -0.415 e. The minimum atomic E-state index is -5.18. The molecule has 3 aromatic rings. The predicted molar refractivity (Wildman–Crippen MR) is 149 cm³/mol. The zero-order valence-corrected chi connectivity index (χ0v) is 25.1. The zero-order valence-electron chi connectivity index (χ0n) is 22.6. The largest absolute Gasteiger partial charge is 0.455 e. The number of ketones is 1. The van der Waals surface area contributed by atoms with Gasteiger partial charge in [0, 0.05) is 24.5 Å². The fourth-order valence-corrected chi connectivity index (χ4v) is 5.36. The Kier molecular flexibility index (Phi) is 9.21. The van der Waals surface area contributed by atoms with E-state index in [-0.39, 0.29) is 46.2 Å². The van der Waals surface area contributed by atoms with Gasteiger partial charge in [-0.15, -0.1) is 0 Å². The second-order valence-electron chi connectivity index (χ2n) is 10.6. The molecule has 0 aliphatic heterocycles. The van der Waals surface area contributed by atoms with Gasteiger partial charge >= 0.3 is 6.18 Å². The van der Waals surface area contributed by atoms with Crippen LogP contribution in [0.5, 0.6) is 0 Å². The third-order valence-corrected chi connectivity index (χ3v) is 11.7. The summed E-state index contributed by atoms with van der Waals surface area (Å²) in [5.74, 6) is -3.55. The Balaban J connectivity index is 2.28. The number of carbonyl (C=O) groups is 2. The number of fused-ring (bicyclic) bond motifs is 1. The molecule has 2 aromatic heterocycles. The van der Waals surface area contributed by atoms with Gasteiger partial charge in [0.05, 0.1) is 17.7 Å². The number of carbonyl (C=O) groups excluding carboxylic acids is 2. The van der Waals surface area contributed by atoms with Crippen molar-refractivity contribution in [3.63, 3.8) is 0 Å². The lowest BCUT2D eigenvalue weighted by Gasteiger charge is -2.37. The first-order valence-corrected chi connectivity index (χ1v) is 16.0. The fraction of sp³-hybridized carbons (Fsp3) is 0.462. The van der Waals surface area contributed by atoms with Gasteiger partial charge in [0.25, 0.3) is 11.7 Å². The number of benzene rings is 1. The van der Waals surface area contributed by atoms with Crippen LogP contribution in [0.25, 0.3) is 10.9 Å². The molecule has 0 N–H and O–H groups in total. The maximum absolute atomic E-state index is 13.9. The summed E-state index contributed by atoms with van der Waals surface area (Å²) in [6.07, 6.45) is -4.66. The molecule has 39 heavy (non-hydrogen) atoms. The molecule has 0 aliphatic carbocycles. The highest BCUT2D eigenvalue weighted by Crippen LogP contribution is 2.39. The van der Waals surface area contributed by atoms with Crippen molar-refractivity contribution < 1.29 is 27.2 Å². The molecule has 0 aliphatic rings. The quantitative estimate of drug-likeness (QED) is 0.143. The molecule has 13 heteroatoms. The van der Waals surface area contributed by atoms with Gasteiger partial charge < -0.3 is 8.99 Å². The Hall–Kier alpha value is -2.47. The number of aryl methyl sites for hydroxylation is 1. The number of alkyl halides is 3. The van der Waals surface area contributed by atoms with Gasteiger partial charge in [-0.3, -0.25) is 14.5 Å². The van der Waals surface area contributed by atoms with Gasteiger partial charge in [0.15, 0.2) is 8.32 Å². The smallest absolute Gasteiger partial charge is 0.415 e. The van der Waals surface area contributed by atoms with Crippen LogP contribution in [-0.4, -0.2) is 53.9 Å². The summed E-state index contributed by atoms with van der Waals surface area (Å²) in [5.41, 5.74) is -0.240. The highest BCUT2D eigenvalue weighted by Gasteiger charge is 2.45. The van der Waals surface area contributed by atoms with Crippen molar-refractivity contribution in [3.8, 4) is 0 Å². The Morgan fingerprint density at radius 2 is 1.67 bits per heavy atom. The summed E-state index contributed by atoms with van der Waals surface area (Å²) in [5, 5.41) is -0.301. The van der Waals surface area contributed by atoms with Gasteiger partial charge in [-0.2, -0.15) is 13.2 Å². The topological polar surface area (TPSA) is 77.3 Å². The molecule has 7 nitrogen and oxygen atoms in total. The Bertz CT molecular complexity index is 1370. The summed E-state index contributed by atoms with van der Waals surface area (Å²) in [4.78, 5) is 35.8. The molecule has 2 heterocycles. The molecular weight excluding hydrogens is 572 g/mol. The van der Waals surface area contributed by atoms with Crippen molar-refractivity contribution in [2.45, 2.75) is 65.0 Å². The number of amides is 1. The second-order valence-corrected chi connectivity index (χ2v) is 16.2. The van der Waals surface area contributed by atoms with Gasteiger partial charge in [0.1, 0.15) is 16.1 Å². The normalized spacial score (nSPS) is 12.7. The van der Waals surface area contributed by atoms with E-state index < -0.39 is 37.6 Å². The third-order valence-electron chi connectivity index (χ3n) is 6.81. The first kappa shape index (κ1) is 31.1. The summed E-state index contributed by atoms with van der Waals surface area (Å²) in [6.45, 7) is 12.1. The Morgan fingerprint density at radius 3 is 2.21 bits per heavy atom. The van der Waals surface area contributed by atoms with E-state index in [0.717, 1.165) is 4.90 Å². The highest BCUT2D eigenvalue weighted by atomic mass is 35.5. The standard InChI is InChI=1S/C26H31Cl2F3N4O3Si/c1-7-12-34-17-11-9-8-10-16(17)20(21(36)26(29,30)31)23(34)35(13-14-38-39(5,6)25(2,3)4)24(37)22-32-18(27)15-19(28)33-22/h8-11,15H,7,12-14H2,1-6H3. The van der Waals surface area contributed by atoms with Gasteiger partial charge in [-0.25, -0.2) is 9.97 Å². The molecular formula is C26H31Cl2F3N4O3Si. The van der Waals surface area contributed by atoms with Crippen molar-refractivity contribution in [1.82, 2.24) is 14.5 Å². The fourth-order valence-electron chi connectivity index (χ4n) is 3.90. The van der Waals surface area contributed by atoms with Crippen LogP contribution >= 0.6 is 23.2 Å². The number of halogens is 5. The predicted octanol–water partition coefficient (Wildman–Crippen LogP) is 7.56. The van der Waals surface area contributed by atoms with Gasteiger partial charge in [-0.1, -0.05) is 69.1 Å². The van der Waals surface area contributed by atoms with Crippen LogP contribution < -0.4 is 4.90 Å². The van der Waals surface area contributed by atoms with Crippen LogP contribution in [-0.2, 0) is 11.0 Å². The summed E-state index contributed by atoms with van der Waals surface area (Å²) >= 11 is 12.0. The summed E-state index contributed by atoms with van der Waals surface area (Å²) in [7, 11) is -2.30. The van der Waals surface area contributed by atoms with Crippen LogP contribution in [0.4, 0.5) is 19.0 Å². The molecule has 1 aromatic carbocycles. The molecule has 0 bridgehead atoms. The molecule has 0 radical (unpaired) electrons. The Labute approximate surface area is 236 Å². The second kappa shape index (κ2) is 11.6. The first-order valence-electron chi connectivity index (χ1n) is 12.4. The third kappa shape index (κ3) is 6.64. The summed E-state index contributed by atoms with van der Waals surface area (Å²) < 4.78 is 49.6. The summed E-state index contributed by atoms with van der Waals surface area (Å²) in [6, 6.07) is 7.49. The average Bonchev–Trinajstić information content (AvgIpc) is 3.13. The van der Waals surface area contributed by atoms with E-state index >= 15 is 0 Å². The van der Waals surface area contributed by atoms with E-state index in [2.05, 4.69) is 9.97 Å². The van der Waals surface area contributed by atoms with Gasteiger partial charge in [0.2, 0.25) is 5.82 Å². The van der Waals surface area contributed by atoms with Crippen molar-refractivity contribution >= 4 is 59.9 Å². The van der Waals surface area contributed by atoms with E-state index in [4.69, 9.17) is 27.6 Å². The lowest BCUT2D eigenvalue weighted by molar-refractivity contribution is -0.0883. The van der Waals surface area contributed by atoms with Crippen LogP contribution in [0, 0.1) is 0 Å². The lowest BCUT2D eigenvalue weighted by atomic mass is 10.1. The van der Waals surface area contributed by atoms with E-state index in [1.165, 1.54) is 12.1 Å². The number of para-hydroxylation sites is 1. The van der Waals surface area contributed by atoms with Gasteiger partial charge in [-0.05, 0) is 30.6 Å². The Morgan fingerprint density at radius 1 is 1.08 bits per heavy atom. The average molecular weight is 604 g/mol. The van der Waals surface area contributed by atoms with E-state index in [1.54, 1.807) is 22.8 Å². The van der Waals surface area contributed by atoms with Crippen LogP contribution in [0.3, 0.4) is 0 Å². The number of aromatic nitrogens is 3. The zero-order chi connectivity index (χ0) is 29.3. The van der Waals surface area contributed by atoms with E-state index in [9.17, 15) is 22.8 Å². The molecule has 0 saturated heterocycles. The monoisotopic (exact) mass is 602 g/mol. The van der Waals surface area contributed by atoms with Crippen molar-refractivity contribution in [2.24, 2.45) is 0 Å². The number of anilines is 1. The SMILES string of the molecule is CCCn1c(N(CCO[Si](C)(C)C(C)(C)C)C(=O)c2nc(Cl)cc(Cl)n2)c(C(=O)C(F)(F)F)c2ccccc21. The number of hydrogen-bond acceptors (Lipinski definition) is 5. The number of Topliss-reactive ketones (excluding diaryl/α,β-unsaturated/α-hetero) is 1. The minimum absolute atomic E-state index is 0.00380. The first-order chi connectivity index (χ1) is 18.0. The molecule has 0 unspecified atom stereocenters. The van der Waals surface area contributed by atoms with Crippen molar-refractivity contribution in [3.05, 3.63) is 52.0 Å². The molecule has 0 fully saturated rings. The van der Waals surface area contributed by atoms with Crippen molar-refractivity contribution in [1.29, 1.82) is 0 Å². The highest BCUT2D eigenvalue weighted by molar-refractivity contribution is 6.74. The molecule has 3 rings (SSSR count). The maximum Gasteiger partial charge on any atom is 0.455 e. The van der Waals surface area contributed by atoms with Crippen LogP contribution in [0.2, 0.25) is 28.4 Å². The molecule has 0 saturated carbocycles. The number of rotatable bonds is 9. The van der Waals surface area contributed by atoms with Crippen LogP contribution in [0.1, 0.15) is 55.1 Å². The molecule has 1 amide bonds. The van der Waals surface area contributed by atoms with E-state index in [0.29, 0.717) is 11.9 Å². The lowest BCUT2D eigenvalue weighted by Crippen LogP contribution is -2.44. The molecule has 0 atom stereocenters. The number of hydrogen-bond donors (Lipinski definition) is 0. The molecule has 212 valence electrons. The maximum atomic E-state index is 13.9. The van der Waals surface area contributed by atoms with Crippen molar-refractivity contribution in [2.75, 3.05) is 18.1 Å². The van der Waals surface area contributed by atoms with Crippen LogP contribution in [0.15, 0.2) is 30.3 Å². The van der Waals surface area contributed by atoms with E-state index in [1.807, 2.05) is 40.8 Å².